The summed E-state index contributed by atoms with van der Waals surface area (Å²) in [6.07, 6.45) is 0. The third-order valence-corrected chi connectivity index (χ3v) is 2.49. The van der Waals surface area contributed by atoms with Crippen LogP contribution >= 0.6 is 0 Å². The third kappa shape index (κ3) is 8.60. The molecule has 101 valence electrons. The Labute approximate surface area is 114 Å². The molecule has 1 rings (SSSR count). The van der Waals surface area contributed by atoms with E-state index in [1.54, 1.807) is 7.11 Å². The molecular weight excluding hydrogens is 295 g/mol. The van der Waals surface area contributed by atoms with Crippen molar-refractivity contribution in [3.63, 3.8) is 0 Å². The Hall–Kier alpha value is 0.463. The first-order valence-electron chi connectivity index (χ1n) is 4.91. The Bertz CT molecular complexity index is 131. The van der Waals surface area contributed by atoms with E-state index >= 15 is 0 Å². The molecule has 1 aliphatic heterocycles. The van der Waals surface area contributed by atoms with Gasteiger partial charge in [-0.2, -0.15) is 0 Å². The normalized spacial score (nSPS) is 16.9. The largest absolute Gasteiger partial charge is 2.00 e. The number of nitrogens with zero attached hydrogens (tertiary/aromatic N) is 2. The van der Waals surface area contributed by atoms with Crippen LogP contribution in [-0.4, -0.2) is 74.5 Å². The molecule has 0 atom stereocenters. The minimum absolute atomic E-state index is 0. The minimum atomic E-state index is 0. The van der Waals surface area contributed by atoms with Crippen molar-refractivity contribution in [1.29, 1.82) is 0 Å². The van der Waals surface area contributed by atoms with E-state index < -0.39 is 0 Å². The second kappa shape index (κ2) is 13.5. The second-order valence-corrected chi connectivity index (χ2v) is 3.40. The first-order chi connectivity index (χ1) is 6.36. The van der Waals surface area contributed by atoms with Crippen LogP contribution in [0.4, 0.5) is 0 Å². The molecule has 1 radical (unpaired) electrons. The SMILES string of the molecule is COCCN1CCN(CCO)CC1.[CH3-].[CH3-].[Rh+2]. The van der Waals surface area contributed by atoms with Crippen LogP contribution in [0.3, 0.4) is 0 Å². The van der Waals surface area contributed by atoms with Crippen molar-refractivity contribution in [3.05, 3.63) is 14.9 Å². The van der Waals surface area contributed by atoms with E-state index in [1.807, 2.05) is 0 Å². The van der Waals surface area contributed by atoms with Crippen LogP contribution in [0.1, 0.15) is 0 Å². The van der Waals surface area contributed by atoms with Crippen molar-refractivity contribution in [2.45, 2.75) is 0 Å². The molecule has 0 bridgehead atoms. The van der Waals surface area contributed by atoms with Gasteiger partial charge in [0.1, 0.15) is 0 Å². The van der Waals surface area contributed by atoms with Crippen LogP contribution < -0.4 is 0 Å². The fourth-order valence-corrected chi connectivity index (χ4v) is 1.60. The number of hydrogen-bond donors (Lipinski definition) is 1. The van der Waals surface area contributed by atoms with E-state index in [4.69, 9.17) is 9.84 Å². The maximum atomic E-state index is 8.75. The maximum Gasteiger partial charge on any atom is 2.00 e. The number of β-amino-alcohol motifs (C(OH)–C–C–N with tert-alkyl or cyclic N) is 1. The summed E-state index contributed by atoms with van der Waals surface area (Å²) >= 11 is 0. The van der Waals surface area contributed by atoms with Gasteiger partial charge < -0.3 is 24.7 Å². The van der Waals surface area contributed by atoms with Crippen LogP contribution in [0.2, 0.25) is 0 Å². The Kier molecular flexibility index (Phi) is 18.4. The Morgan fingerprint density at radius 2 is 1.44 bits per heavy atom. The Morgan fingerprint density at radius 3 is 1.81 bits per heavy atom. The standard InChI is InChI=1S/C9H20N2O2.2CH3.Rh/c1-13-9-7-11-4-2-10(3-5-11)6-8-12;;;/h12H,2-9H2,1H3;2*1H3;/q;2*-1;+2. The molecule has 1 heterocycles. The predicted molar refractivity (Wildman–Crippen MR) is 64.7 cm³/mol. The van der Waals surface area contributed by atoms with Crippen LogP contribution in [0.15, 0.2) is 0 Å². The van der Waals surface area contributed by atoms with Gasteiger partial charge in [-0.15, -0.1) is 0 Å². The van der Waals surface area contributed by atoms with Crippen LogP contribution in [-0.2, 0) is 24.2 Å². The summed E-state index contributed by atoms with van der Waals surface area (Å²) in [5, 5.41) is 8.75. The summed E-state index contributed by atoms with van der Waals surface area (Å²) in [5.41, 5.74) is 0. The van der Waals surface area contributed by atoms with Crippen molar-refractivity contribution in [2.24, 2.45) is 0 Å². The number of methoxy groups -OCH3 is 1. The molecule has 1 aliphatic rings. The summed E-state index contributed by atoms with van der Waals surface area (Å²) in [7, 11) is 1.74. The van der Waals surface area contributed by atoms with Gasteiger partial charge in [-0.05, 0) is 0 Å². The molecule has 0 saturated carbocycles. The fraction of sp³-hybridized carbons (Fsp3) is 0.818. The van der Waals surface area contributed by atoms with Gasteiger partial charge in [-0.3, -0.25) is 9.80 Å². The number of ether oxygens (including phenoxy) is 1. The zero-order valence-corrected chi connectivity index (χ0v) is 12.4. The minimum Gasteiger partial charge on any atom is -0.395 e. The number of aliphatic hydroxyl groups excluding tert-OH is 1. The van der Waals surface area contributed by atoms with Gasteiger partial charge in [0.25, 0.3) is 0 Å². The van der Waals surface area contributed by atoms with Gasteiger partial charge in [-0.25, -0.2) is 0 Å². The van der Waals surface area contributed by atoms with E-state index in [9.17, 15) is 0 Å². The van der Waals surface area contributed by atoms with Crippen molar-refractivity contribution in [3.8, 4) is 0 Å². The molecule has 1 saturated heterocycles. The molecule has 0 spiro atoms. The molecule has 5 heteroatoms. The zero-order valence-electron chi connectivity index (χ0n) is 10.7. The second-order valence-electron chi connectivity index (χ2n) is 3.40. The number of hydrogen-bond acceptors (Lipinski definition) is 4. The average molecular weight is 321 g/mol. The molecule has 0 aliphatic carbocycles. The van der Waals surface area contributed by atoms with E-state index in [0.29, 0.717) is 0 Å². The van der Waals surface area contributed by atoms with Crippen LogP contribution in [0.5, 0.6) is 0 Å². The van der Waals surface area contributed by atoms with Gasteiger partial charge in [0.15, 0.2) is 0 Å². The predicted octanol–water partition coefficient (Wildman–Crippen LogP) is 0.141. The summed E-state index contributed by atoms with van der Waals surface area (Å²) in [6, 6.07) is 0. The van der Waals surface area contributed by atoms with Crippen molar-refractivity contribution >= 4 is 0 Å². The monoisotopic (exact) mass is 321 g/mol. The molecule has 0 unspecified atom stereocenters. The maximum absolute atomic E-state index is 8.75. The van der Waals surface area contributed by atoms with E-state index in [0.717, 1.165) is 45.9 Å². The average Bonchev–Trinajstić information content (AvgIpc) is 2.17. The number of piperazine rings is 1. The smallest absolute Gasteiger partial charge is 0.395 e. The van der Waals surface area contributed by atoms with Crippen LogP contribution in [0.25, 0.3) is 0 Å². The van der Waals surface area contributed by atoms with E-state index in [2.05, 4.69) is 9.80 Å². The van der Waals surface area contributed by atoms with Crippen LogP contribution in [0, 0.1) is 14.9 Å². The molecular formula is C11H26N2O2Rh. The summed E-state index contributed by atoms with van der Waals surface area (Å²) in [4.78, 5) is 4.70. The van der Waals surface area contributed by atoms with Gasteiger partial charge in [0, 0.05) is 46.4 Å². The van der Waals surface area contributed by atoms with Gasteiger partial charge in [0.2, 0.25) is 0 Å². The quantitative estimate of drug-likeness (QED) is 0.577. The molecule has 0 aromatic carbocycles. The molecule has 16 heavy (non-hydrogen) atoms. The van der Waals surface area contributed by atoms with Gasteiger partial charge in [-0.1, -0.05) is 0 Å². The van der Waals surface area contributed by atoms with Gasteiger partial charge in [0.05, 0.1) is 13.2 Å². The van der Waals surface area contributed by atoms with Crippen molar-refractivity contribution < 1.29 is 29.3 Å². The first-order valence-corrected chi connectivity index (χ1v) is 4.91. The summed E-state index contributed by atoms with van der Waals surface area (Å²) in [6.45, 7) is 7.29. The molecule has 1 N–H and O–H groups in total. The molecule has 0 aromatic heterocycles. The zero-order chi connectivity index (χ0) is 9.52. The summed E-state index contributed by atoms with van der Waals surface area (Å²) in [5.74, 6) is 0. The molecule has 0 amide bonds. The number of rotatable bonds is 5. The van der Waals surface area contributed by atoms with E-state index in [-0.39, 0.29) is 40.9 Å². The van der Waals surface area contributed by atoms with Crippen molar-refractivity contribution in [2.75, 3.05) is 59.6 Å². The molecule has 4 nitrogen and oxygen atoms in total. The Morgan fingerprint density at radius 1 is 1.00 bits per heavy atom. The van der Waals surface area contributed by atoms with E-state index in [1.165, 1.54) is 0 Å². The third-order valence-electron chi connectivity index (χ3n) is 2.49. The topological polar surface area (TPSA) is 35.9 Å². The van der Waals surface area contributed by atoms with Gasteiger partial charge >= 0.3 is 19.5 Å². The first kappa shape index (κ1) is 21.7. The fourth-order valence-electron chi connectivity index (χ4n) is 1.60. The van der Waals surface area contributed by atoms with Crippen molar-refractivity contribution in [1.82, 2.24) is 9.80 Å². The molecule has 0 aromatic rings. The summed E-state index contributed by atoms with van der Waals surface area (Å²) < 4.78 is 5.02. The Balaban J connectivity index is -0.000000563. The number of aliphatic hydroxyl groups is 1. The molecule has 1 fully saturated rings.